The number of piperazine rings is 1. The quantitative estimate of drug-likeness (QED) is 0.716. The van der Waals surface area contributed by atoms with E-state index in [1.165, 1.54) is 6.33 Å². The molecule has 164 valence electrons. The summed E-state index contributed by atoms with van der Waals surface area (Å²) < 4.78 is 0. The smallest absolute Gasteiger partial charge is 0.237 e. The number of rotatable bonds is 4. The third-order valence-electron chi connectivity index (χ3n) is 6.41. The molecule has 1 amide bonds. The van der Waals surface area contributed by atoms with Gasteiger partial charge < -0.3 is 20.9 Å². The Bertz CT molecular complexity index is 981. The molecule has 2 aliphatic heterocycles. The predicted molar refractivity (Wildman–Crippen MR) is 120 cm³/mol. The second kappa shape index (κ2) is 9.14. The number of aromatic nitrogens is 2. The van der Waals surface area contributed by atoms with E-state index in [0.717, 1.165) is 43.7 Å². The van der Waals surface area contributed by atoms with Gasteiger partial charge in [-0.25, -0.2) is 9.97 Å². The fourth-order valence-electron chi connectivity index (χ4n) is 4.56. The van der Waals surface area contributed by atoms with Crippen molar-refractivity contribution in [3.05, 3.63) is 30.2 Å². The number of nitrogens with two attached hydrogens (primary N) is 1. The van der Waals surface area contributed by atoms with Crippen molar-refractivity contribution in [1.29, 1.82) is 5.26 Å². The highest BCUT2D eigenvalue weighted by Crippen LogP contribution is 2.29. The lowest BCUT2D eigenvalue weighted by Gasteiger charge is -2.40. The molecule has 31 heavy (non-hydrogen) atoms. The lowest BCUT2D eigenvalue weighted by atomic mass is 9.99. The lowest BCUT2D eigenvalue weighted by molar-refractivity contribution is -0.127. The van der Waals surface area contributed by atoms with Crippen LogP contribution < -0.4 is 16.0 Å². The number of anilines is 1. The summed E-state index contributed by atoms with van der Waals surface area (Å²) in [5.74, 6) is 0.0524. The summed E-state index contributed by atoms with van der Waals surface area (Å²) in [6.45, 7) is 7.08. The zero-order valence-corrected chi connectivity index (χ0v) is 18.2. The maximum Gasteiger partial charge on any atom is 0.237 e. The Hall–Kier alpha value is -2.80. The molecule has 0 bridgehead atoms. The Balaban J connectivity index is 1.48. The third-order valence-corrected chi connectivity index (χ3v) is 6.41. The van der Waals surface area contributed by atoms with Crippen LogP contribution in [0.1, 0.15) is 18.9 Å². The van der Waals surface area contributed by atoms with Gasteiger partial charge in [-0.2, -0.15) is 5.26 Å². The molecule has 0 aliphatic carbocycles. The van der Waals surface area contributed by atoms with E-state index in [9.17, 15) is 10.1 Å². The number of piperidine rings is 1. The van der Waals surface area contributed by atoms with Crippen molar-refractivity contribution >= 4 is 22.5 Å². The normalized spacial score (nSPS) is 24.0. The summed E-state index contributed by atoms with van der Waals surface area (Å²) in [5.41, 5.74) is 8.47. The maximum atomic E-state index is 13.0. The average Bonchev–Trinajstić information content (AvgIpc) is 2.78. The van der Waals surface area contributed by atoms with Crippen molar-refractivity contribution in [2.45, 2.75) is 31.5 Å². The van der Waals surface area contributed by atoms with Crippen molar-refractivity contribution < 1.29 is 4.79 Å². The number of nitrogens with one attached hydrogen (secondary N) is 1. The monoisotopic (exact) mass is 422 g/mol. The van der Waals surface area contributed by atoms with E-state index in [1.807, 2.05) is 13.0 Å². The van der Waals surface area contributed by atoms with Crippen molar-refractivity contribution in [3.63, 3.8) is 0 Å². The van der Waals surface area contributed by atoms with E-state index < -0.39 is 0 Å². The molecule has 3 N–H and O–H groups in total. The van der Waals surface area contributed by atoms with Crippen LogP contribution in [0.2, 0.25) is 0 Å². The lowest BCUT2D eigenvalue weighted by Crippen LogP contribution is -2.59. The summed E-state index contributed by atoms with van der Waals surface area (Å²) in [4.78, 5) is 28.1. The van der Waals surface area contributed by atoms with E-state index >= 15 is 0 Å². The molecule has 3 heterocycles. The Kier molecular flexibility index (Phi) is 6.32. The molecular formula is C22H30N8O. The Morgan fingerprint density at radius 2 is 2.06 bits per heavy atom. The van der Waals surface area contributed by atoms with Crippen molar-refractivity contribution in [1.82, 2.24) is 25.1 Å². The molecule has 3 atom stereocenters. The fraction of sp³-hybridized carbons (Fsp3) is 0.545. The van der Waals surface area contributed by atoms with E-state index in [4.69, 9.17) is 5.73 Å². The number of nitriles is 1. The minimum Gasteiger partial charge on any atom is -0.367 e. The SMILES string of the molecule is CC(C(=O)N[C@@H]1C[C@H](N)CN(c2ccc(C#N)c3ncncc23)C1)N1CCN(C)CC1. The summed E-state index contributed by atoms with van der Waals surface area (Å²) in [5, 5.41) is 13.4. The highest BCUT2D eigenvalue weighted by atomic mass is 16.2. The summed E-state index contributed by atoms with van der Waals surface area (Å²) in [6.07, 6.45) is 3.93. The molecule has 1 aromatic heterocycles. The van der Waals surface area contributed by atoms with Gasteiger partial charge >= 0.3 is 0 Å². The van der Waals surface area contributed by atoms with Gasteiger partial charge in [0.05, 0.1) is 17.1 Å². The number of carbonyl (C=O) groups excluding carboxylic acids is 1. The van der Waals surface area contributed by atoms with Crippen molar-refractivity contribution in [2.75, 3.05) is 51.2 Å². The van der Waals surface area contributed by atoms with Crippen LogP contribution in [0.5, 0.6) is 0 Å². The standard InChI is InChI=1S/C22H30N8O/c1-15(29-7-5-28(2)6-8-29)22(31)27-18-9-17(24)12-30(13-18)20-4-3-16(10-23)21-19(20)11-25-14-26-21/h3-4,11,14-15,17-18H,5-9,12-13,24H2,1-2H3,(H,27,31)/t15?,17-,18+/m0/s1. The molecule has 4 rings (SSSR count). The van der Waals surface area contributed by atoms with Crippen LogP contribution in [-0.4, -0.2) is 90.1 Å². The minimum absolute atomic E-state index is 0.0403. The molecule has 0 radical (unpaired) electrons. The number of hydrogen-bond acceptors (Lipinski definition) is 8. The van der Waals surface area contributed by atoms with Gasteiger partial charge in [0.25, 0.3) is 0 Å². The van der Waals surface area contributed by atoms with Gasteiger partial charge in [-0.15, -0.1) is 0 Å². The van der Waals surface area contributed by atoms with E-state index in [0.29, 0.717) is 24.2 Å². The van der Waals surface area contributed by atoms with Crippen LogP contribution in [-0.2, 0) is 4.79 Å². The van der Waals surface area contributed by atoms with Gasteiger partial charge in [-0.3, -0.25) is 9.69 Å². The number of carbonyl (C=O) groups is 1. The van der Waals surface area contributed by atoms with Crippen LogP contribution in [0.25, 0.3) is 10.9 Å². The van der Waals surface area contributed by atoms with Gasteiger partial charge in [0, 0.05) is 68.6 Å². The number of benzene rings is 1. The van der Waals surface area contributed by atoms with Crippen LogP contribution in [0.4, 0.5) is 5.69 Å². The molecule has 9 nitrogen and oxygen atoms in total. The van der Waals surface area contributed by atoms with Crippen molar-refractivity contribution in [2.24, 2.45) is 5.73 Å². The van der Waals surface area contributed by atoms with Crippen LogP contribution in [0.15, 0.2) is 24.7 Å². The third kappa shape index (κ3) is 4.61. The first-order chi connectivity index (χ1) is 15.0. The number of likely N-dealkylation sites (N-methyl/N-ethyl adjacent to an activating group) is 1. The summed E-state index contributed by atoms with van der Waals surface area (Å²) >= 11 is 0. The first kappa shape index (κ1) is 21.4. The minimum atomic E-state index is -0.163. The second-order valence-corrected chi connectivity index (χ2v) is 8.65. The Labute approximate surface area is 182 Å². The van der Waals surface area contributed by atoms with E-state index in [-0.39, 0.29) is 24.0 Å². The Morgan fingerprint density at radius 1 is 1.29 bits per heavy atom. The second-order valence-electron chi connectivity index (χ2n) is 8.65. The molecular weight excluding hydrogens is 392 g/mol. The van der Waals surface area contributed by atoms with Crippen LogP contribution in [0.3, 0.4) is 0 Å². The largest absolute Gasteiger partial charge is 0.367 e. The maximum absolute atomic E-state index is 13.0. The molecule has 2 saturated heterocycles. The summed E-state index contributed by atoms with van der Waals surface area (Å²) in [7, 11) is 2.11. The zero-order chi connectivity index (χ0) is 22.0. The number of amides is 1. The Morgan fingerprint density at radius 3 is 2.81 bits per heavy atom. The zero-order valence-electron chi connectivity index (χ0n) is 18.2. The van der Waals surface area contributed by atoms with Crippen LogP contribution in [0, 0.1) is 11.3 Å². The predicted octanol–water partition coefficient (Wildman–Crippen LogP) is 0.160. The van der Waals surface area contributed by atoms with E-state index in [2.05, 4.69) is 43.1 Å². The van der Waals surface area contributed by atoms with Crippen molar-refractivity contribution in [3.8, 4) is 6.07 Å². The molecule has 1 aromatic carbocycles. The molecule has 2 aliphatic rings. The molecule has 9 heteroatoms. The first-order valence-corrected chi connectivity index (χ1v) is 10.8. The fourth-order valence-corrected chi connectivity index (χ4v) is 4.56. The molecule has 1 unspecified atom stereocenters. The topological polar surface area (TPSA) is 114 Å². The highest BCUT2D eigenvalue weighted by molar-refractivity contribution is 5.94. The summed E-state index contributed by atoms with van der Waals surface area (Å²) in [6, 6.07) is 5.64. The molecule has 2 aromatic rings. The van der Waals surface area contributed by atoms with Gasteiger partial charge in [0.1, 0.15) is 12.4 Å². The van der Waals surface area contributed by atoms with Gasteiger partial charge in [0.2, 0.25) is 5.91 Å². The molecule has 2 fully saturated rings. The highest BCUT2D eigenvalue weighted by Gasteiger charge is 2.31. The molecule has 0 spiro atoms. The molecule has 0 saturated carbocycles. The number of nitrogens with zero attached hydrogens (tertiary/aromatic N) is 6. The van der Waals surface area contributed by atoms with Gasteiger partial charge in [0.15, 0.2) is 0 Å². The number of hydrogen-bond donors (Lipinski definition) is 2. The first-order valence-electron chi connectivity index (χ1n) is 10.8. The van der Waals surface area contributed by atoms with E-state index in [1.54, 1.807) is 12.3 Å². The van der Waals surface area contributed by atoms with Gasteiger partial charge in [-0.05, 0) is 32.5 Å². The van der Waals surface area contributed by atoms with Gasteiger partial charge in [-0.1, -0.05) is 0 Å². The number of fused-ring (bicyclic) bond motifs is 1. The average molecular weight is 423 g/mol. The van der Waals surface area contributed by atoms with Crippen LogP contribution >= 0.6 is 0 Å².